The molecule has 1 saturated heterocycles. The van der Waals surface area contributed by atoms with Gasteiger partial charge in [0.15, 0.2) is 0 Å². The summed E-state index contributed by atoms with van der Waals surface area (Å²) < 4.78 is 13.1. The summed E-state index contributed by atoms with van der Waals surface area (Å²) in [6.07, 6.45) is 0.293. The van der Waals surface area contributed by atoms with Crippen LogP contribution in [0.3, 0.4) is 0 Å². The van der Waals surface area contributed by atoms with Crippen molar-refractivity contribution in [3.63, 3.8) is 0 Å². The number of anilines is 1. The number of azide groups is 1. The number of carbonyl (C=O) groups excluding carboxylic acids is 1. The Labute approximate surface area is 109 Å². The van der Waals surface area contributed by atoms with Gasteiger partial charge in [-0.3, -0.25) is 4.79 Å². The number of hydrogen-bond donors (Lipinski definition) is 1. The molecule has 1 aromatic rings. The summed E-state index contributed by atoms with van der Waals surface area (Å²) in [6.45, 7) is 0.336. The SMILES string of the molecule is [N-]=[N+]=NCC1CC(=O)N(c2ccc(F)cc2CO)C1. The Kier molecular flexibility index (Phi) is 3.99. The summed E-state index contributed by atoms with van der Waals surface area (Å²) in [5, 5.41) is 12.7. The summed E-state index contributed by atoms with van der Waals surface area (Å²) in [5.41, 5.74) is 9.16. The van der Waals surface area contributed by atoms with Gasteiger partial charge < -0.3 is 10.0 Å². The van der Waals surface area contributed by atoms with Crippen LogP contribution < -0.4 is 4.90 Å². The van der Waals surface area contributed by atoms with Crippen molar-refractivity contribution in [1.82, 2.24) is 0 Å². The zero-order valence-corrected chi connectivity index (χ0v) is 10.2. The summed E-state index contributed by atoms with van der Waals surface area (Å²) in [5.74, 6) is -0.607. The van der Waals surface area contributed by atoms with Gasteiger partial charge in [0.2, 0.25) is 5.91 Å². The van der Waals surface area contributed by atoms with Gasteiger partial charge in [-0.1, -0.05) is 5.11 Å². The highest BCUT2D eigenvalue weighted by atomic mass is 19.1. The lowest BCUT2D eigenvalue weighted by atomic mass is 10.1. The van der Waals surface area contributed by atoms with E-state index in [-0.39, 0.29) is 25.0 Å². The summed E-state index contributed by atoms with van der Waals surface area (Å²) in [6, 6.07) is 3.95. The molecule has 1 aromatic carbocycles. The highest BCUT2D eigenvalue weighted by molar-refractivity contribution is 5.96. The van der Waals surface area contributed by atoms with E-state index in [1.807, 2.05) is 0 Å². The Hall–Kier alpha value is -2.11. The quantitative estimate of drug-likeness (QED) is 0.512. The lowest BCUT2D eigenvalue weighted by Gasteiger charge is -2.19. The van der Waals surface area contributed by atoms with Crippen molar-refractivity contribution in [3.05, 3.63) is 40.0 Å². The maximum Gasteiger partial charge on any atom is 0.227 e. The number of benzene rings is 1. The van der Waals surface area contributed by atoms with Gasteiger partial charge in [0.25, 0.3) is 0 Å². The Morgan fingerprint density at radius 1 is 1.58 bits per heavy atom. The third kappa shape index (κ3) is 2.83. The monoisotopic (exact) mass is 264 g/mol. The van der Waals surface area contributed by atoms with Crippen LogP contribution in [0.1, 0.15) is 12.0 Å². The van der Waals surface area contributed by atoms with Gasteiger partial charge in [0, 0.05) is 35.7 Å². The smallest absolute Gasteiger partial charge is 0.227 e. The first kappa shape index (κ1) is 13.3. The number of rotatable bonds is 4. The second kappa shape index (κ2) is 5.69. The van der Waals surface area contributed by atoms with E-state index in [0.717, 1.165) is 0 Å². The lowest BCUT2D eigenvalue weighted by Crippen LogP contribution is -2.26. The first-order valence-corrected chi connectivity index (χ1v) is 5.86. The van der Waals surface area contributed by atoms with E-state index in [2.05, 4.69) is 10.0 Å². The van der Waals surface area contributed by atoms with Crippen molar-refractivity contribution in [2.45, 2.75) is 13.0 Å². The average Bonchev–Trinajstić information content (AvgIpc) is 2.77. The highest BCUT2D eigenvalue weighted by Gasteiger charge is 2.31. The van der Waals surface area contributed by atoms with Crippen LogP contribution in [0.5, 0.6) is 0 Å². The minimum absolute atomic E-state index is 0.0417. The van der Waals surface area contributed by atoms with E-state index in [1.54, 1.807) is 0 Å². The lowest BCUT2D eigenvalue weighted by molar-refractivity contribution is -0.117. The number of halogens is 1. The van der Waals surface area contributed by atoms with Crippen LogP contribution in [0.4, 0.5) is 10.1 Å². The number of carbonyl (C=O) groups is 1. The third-order valence-electron chi connectivity index (χ3n) is 3.11. The zero-order valence-electron chi connectivity index (χ0n) is 10.2. The van der Waals surface area contributed by atoms with Gasteiger partial charge in [0.05, 0.1) is 6.61 Å². The molecular formula is C12H13FN4O2. The van der Waals surface area contributed by atoms with Crippen LogP contribution in [0.15, 0.2) is 23.3 Å². The first-order valence-electron chi connectivity index (χ1n) is 5.86. The Balaban J connectivity index is 2.22. The molecule has 7 heteroatoms. The van der Waals surface area contributed by atoms with Gasteiger partial charge >= 0.3 is 0 Å². The molecule has 1 amide bonds. The fourth-order valence-corrected chi connectivity index (χ4v) is 2.23. The van der Waals surface area contributed by atoms with Gasteiger partial charge in [-0.2, -0.15) is 0 Å². The summed E-state index contributed by atoms with van der Waals surface area (Å²) in [4.78, 5) is 16.1. The standard InChI is InChI=1S/C12H13FN4O2/c13-10-1-2-11(9(4-10)7-18)17-6-8(3-12(17)19)5-15-16-14/h1-2,4,8,18H,3,5-7H2. The summed E-state index contributed by atoms with van der Waals surface area (Å²) in [7, 11) is 0. The van der Waals surface area contributed by atoms with Gasteiger partial charge in [-0.05, 0) is 29.6 Å². The van der Waals surface area contributed by atoms with E-state index in [4.69, 9.17) is 5.53 Å². The minimum atomic E-state index is -0.454. The van der Waals surface area contributed by atoms with Crippen molar-refractivity contribution in [2.24, 2.45) is 11.0 Å². The van der Waals surface area contributed by atoms with E-state index < -0.39 is 5.82 Å². The molecule has 0 spiro atoms. The highest BCUT2D eigenvalue weighted by Crippen LogP contribution is 2.29. The van der Waals surface area contributed by atoms with E-state index in [0.29, 0.717) is 24.2 Å². The molecular weight excluding hydrogens is 251 g/mol. The van der Waals surface area contributed by atoms with E-state index in [9.17, 15) is 14.3 Å². The molecule has 19 heavy (non-hydrogen) atoms. The van der Waals surface area contributed by atoms with E-state index in [1.165, 1.54) is 23.1 Å². The summed E-state index contributed by atoms with van der Waals surface area (Å²) >= 11 is 0. The van der Waals surface area contributed by atoms with Crippen LogP contribution >= 0.6 is 0 Å². The molecule has 1 atom stereocenters. The molecule has 1 N–H and O–H groups in total. The average molecular weight is 264 g/mol. The first-order chi connectivity index (χ1) is 9.15. The molecule has 0 aliphatic carbocycles. The Morgan fingerprint density at radius 3 is 3.05 bits per heavy atom. The van der Waals surface area contributed by atoms with Crippen LogP contribution in [-0.2, 0) is 11.4 Å². The zero-order chi connectivity index (χ0) is 13.8. The number of aliphatic hydroxyl groups excluding tert-OH is 1. The fourth-order valence-electron chi connectivity index (χ4n) is 2.23. The van der Waals surface area contributed by atoms with Crippen molar-refractivity contribution < 1.29 is 14.3 Å². The topological polar surface area (TPSA) is 89.3 Å². The molecule has 1 aliphatic rings. The predicted octanol–water partition coefficient (Wildman–Crippen LogP) is 1.98. The molecule has 0 radical (unpaired) electrons. The van der Waals surface area contributed by atoms with Gasteiger partial charge in [-0.15, -0.1) is 0 Å². The molecule has 0 aromatic heterocycles. The molecule has 1 heterocycles. The molecule has 1 aliphatic heterocycles. The molecule has 1 unspecified atom stereocenters. The van der Waals surface area contributed by atoms with Crippen molar-refractivity contribution in [3.8, 4) is 0 Å². The fraction of sp³-hybridized carbons (Fsp3) is 0.417. The number of nitrogens with zero attached hydrogens (tertiary/aromatic N) is 4. The van der Waals surface area contributed by atoms with Crippen LogP contribution in [0.2, 0.25) is 0 Å². The molecule has 1 fully saturated rings. The second-order valence-corrected chi connectivity index (χ2v) is 4.42. The van der Waals surface area contributed by atoms with Crippen molar-refractivity contribution in [1.29, 1.82) is 0 Å². The van der Waals surface area contributed by atoms with Crippen LogP contribution in [0, 0.1) is 11.7 Å². The maximum atomic E-state index is 13.1. The van der Waals surface area contributed by atoms with Crippen molar-refractivity contribution in [2.75, 3.05) is 18.0 Å². The maximum absolute atomic E-state index is 13.1. The Morgan fingerprint density at radius 2 is 2.37 bits per heavy atom. The van der Waals surface area contributed by atoms with Gasteiger partial charge in [-0.25, -0.2) is 4.39 Å². The molecule has 100 valence electrons. The van der Waals surface area contributed by atoms with Crippen LogP contribution in [0.25, 0.3) is 10.4 Å². The molecule has 6 nitrogen and oxygen atoms in total. The molecule has 0 saturated carbocycles. The van der Waals surface area contributed by atoms with Crippen molar-refractivity contribution >= 4 is 11.6 Å². The van der Waals surface area contributed by atoms with Gasteiger partial charge in [0.1, 0.15) is 5.82 Å². The van der Waals surface area contributed by atoms with Crippen LogP contribution in [-0.4, -0.2) is 24.1 Å². The third-order valence-corrected chi connectivity index (χ3v) is 3.11. The Bertz CT molecular complexity index is 543. The molecule has 0 bridgehead atoms. The minimum Gasteiger partial charge on any atom is -0.392 e. The number of aliphatic hydroxyl groups is 1. The number of hydrogen-bond acceptors (Lipinski definition) is 3. The largest absolute Gasteiger partial charge is 0.392 e. The predicted molar refractivity (Wildman–Crippen MR) is 66.8 cm³/mol. The normalized spacial score (nSPS) is 18.5. The second-order valence-electron chi connectivity index (χ2n) is 4.42. The molecule has 2 rings (SSSR count). The number of amides is 1. The van der Waals surface area contributed by atoms with E-state index >= 15 is 0 Å².